The largest absolute Gasteiger partial charge is 0.382 e. The number of aromatic amines is 1. The third-order valence-electron chi connectivity index (χ3n) is 7.51. The van der Waals surface area contributed by atoms with Gasteiger partial charge in [-0.25, -0.2) is 4.98 Å². The molecule has 39 heavy (non-hydrogen) atoms. The molecule has 8 heteroatoms. The van der Waals surface area contributed by atoms with E-state index in [9.17, 15) is 4.79 Å². The minimum absolute atomic E-state index is 0.173. The van der Waals surface area contributed by atoms with Gasteiger partial charge in [0.15, 0.2) is 5.82 Å². The third kappa shape index (κ3) is 5.56. The lowest BCUT2D eigenvalue weighted by molar-refractivity contribution is 0.102. The molecular weight excluding hydrogens is 486 g/mol. The van der Waals surface area contributed by atoms with Crippen LogP contribution in [-0.2, 0) is 6.54 Å². The van der Waals surface area contributed by atoms with Gasteiger partial charge in [-0.1, -0.05) is 36.4 Å². The number of benzene rings is 3. The number of imidazole rings is 1. The van der Waals surface area contributed by atoms with Crippen LogP contribution in [-0.4, -0.2) is 56.7 Å². The Bertz CT molecular complexity index is 1600. The van der Waals surface area contributed by atoms with Crippen molar-refractivity contribution in [3.63, 3.8) is 0 Å². The van der Waals surface area contributed by atoms with E-state index in [1.807, 2.05) is 61.8 Å². The van der Waals surface area contributed by atoms with Crippen LogP contribution in [0.5, 0.6) is 0 Å². The van der Waals surface area contributed by atoms with Gasteiger partial charge in [0.05, 0.1) is 23.1 Å². The van der Waals surface area contributed by atoms with Gasteiger partial charge in [0.25, 0.3) is 5.91 Å². The summed E-state index contributed by atoms with van der Waals surface area (Å²) in [5.41, 5.74) is 7.63. The number of nitrogens with one attached hydrogen (secondary N) is 3. The second-order valence-corrected chi connectivity index (χ2v) is 10.4. The Labute approximate surface area is 228 Å². The first kappa shape index (κ1) is 24.9. The van der Waals surface area contributed by atoms with E-state index in [0.29, 0.717) is 17.4 Å². The minimum atomic E-state index is -0.173. The number of aryl methyl sites for hydroxylation is 1. The first-order valence-corrected chi connectivity index (χ1v) is 13.4. The Morgan fingerprint density at radius 1 is 1.03 bits per heavy atom. The standard InChI is InChI=1S/C31H33N7O/c1-21-16-25(33-24-12-14-37(2)15-13-24)9-10-26(21)31(39)34-30-18-28(35-36-30)23-8-11-27-29(17-23)38(20-32-27)19-22-6-4-3-5-7-22/h3-11,16-18,20,24,33H,12-15,19H2,1-2H3,(H2,34,35,36,39). The molecular formula is C31H33N7O. The molecule has 8 nitrogen and oxygen atoms in total. The molecule has 1 aliphatic heterocycles. The Morgan fingerprint density at radius 3 is 2.64 bits per heavy atom. The van der Waals surface area contributed by atoms with E-state index in [0.717, 1.165) is 66.0 Å². The number of likely N-dealkylation sites (tertiary alicyclic amines) is 1. The van der Waals surface area contributed by atoms with E-state index in [1.165, 1.54) is 5.56 Å². The lowest BCUT2D eigenvalue weighted by Crippen LogP contribution is -2.36. The van der Waals surface area contributed by atoms with Gasteiger partial charge >= 0.3 is 0 Å². The third-order valence-corrected chi connectivity index (χ3v) is 7.51. The highest BCUT2D eigenvalue weighted by Gasteiger charge is 2.18. The van der Waals surface area contributed by atoms with Crippen LogP contribution in [0.25, 0.3) is 22.3 Å². The smallest absolute Gasteiger partial charge is 0.257 e. The molecule has 6 rings (SSSR count). The van der Waals surface area contributed by atoms with Crippen LogP contribution in [0.4, 0.5) is 11.5 Å². The molecule has 2 aromatic heterocycles. The number of carbonyl (C=O) groups excluding carboxylic acids is 1. The fraction of sp³-hybridized carbons (Fsp3) is 0.258. The van der Waals surface area contributed by atoms with E-state index in [4.69, 9.17) is 0 Å². The van der Waals surface area contributed by atoms with Crippen LogP contribution in [0, 0.1) is 6.92 Å². The number of H-pyrrole nitrogens is 1. The second-order valence-electron chi connectivity index (χ2n) is 10.4. The van der Waals surface area contributed by atoms with E-state index in [2.05, 4.69) is 66.6 Å². The molecule has 0 aliphatic carbocycles. The summed E-state index contributed by atoms with van der Waals surface area (Å²) in [6.07, 6.45) is 4.13. The zero-order chi connectivity index (χ0) is 26.8. The first-order chi connectivity index (χ1) is 19.0. The maximum Gasteiger partial charge on any atom is 0.257 e. The summed E-state index contributed by atoms with van der Waals surface area (Å²) in [5, 5.41) is 14.0. The number of piperidine rings is 1. The SMILES string of the molecule is Cc1cc(NC2CCN(C)CC2)ccc1C(=O)Nc1cc(-c2ccc3ncn(Cc4ccccc4)c3c2)[nH]n1. The highest BCUT2D eigenvalue weighted by atomic mass is 16.1. The van der Waals surface area contributed by atoms with Crippen LogP contribution in [0.2, 0.25) is 0 Å². The van der Waals surface area contributed by atoms with Crippen molar-refractivity contribution < 1.29 is 4.79 Å². The zero-order valence-corrected chi connectivity index (χ0v) is 22.3. The van der Waals surface area contributed by atoms with Crippen molar-refractivity contribution in [1.29, 1.82) is 0 Å². The van der Waals surface area contributed by atoms with E-state index in [-0.39, 0.29) is 5.91 Å². The highest BCUT2D eigenvalue weighted by Crippen LogP contribution is 2.26. The average molecular weight is 520 g/mol. The van der Waals surface area contributed by atoms with Crippen molar-refractivity contribution >= 4 is 28.4 Å². The number of rotatable bonds is 7. The van der Waals surface area contributed by atoms with Crippen molar-refractivity contribution in [1.82, 2.24) is 24.6 Å². The topological polar surface area (TPSA) is 90.9 Å². The normalized spacial score (nSPS) is 14.5. The molecule has 1 aliphatic rings. The zero-order valence-electron chi connectivity index (χ0n) is 22.3. The van der Waals surface area contributed by atoms with Gasteiger partial charge in [-0.15, -0.1) is 0 Å². The molecule has 1 saturated heterocycles. The van der Waals surface area contributed by atoms with Crippen LogP contribution in [0.15, 0.2) is 79.1 Å². The molecule has 0 saturated carbocycles. The maximum atomic E-state index is 13.1. The monoisotopic (exact) mass is 519 g/mol. The summed E-state index contributed by atoms with van der Waals surface area (Å²) >= 11 is 0. The summed E-state index contributed by atoms with van der Waals surface area (Å²) in [5.74, 6) is 0.314. The number of hydrogen-bond donors (Lipinski definition) is 3. The minimum Gasteiger partial charge on any atom is -0.382 e. The molecule has 0 bridgehead atoms. The van der Waals surface area contributed by atoms with Crippen LogP contribution < -0.4 is 10.6 Å². The number of anilines is 2. The Morgan fingerprint density at radius 2 is 1.85 bits per heavy atom. The maximum absolute atomic E-state index is 13.1. The van der Waals surface area contributed by atoms with Crippen LogP contribution in [0.1, 0.15) is 34.3 Å². The Kier molecular flexibility index (Phi) is 6.85. The van der Waals surface area contributed by atoms with E-state index < -0.39 is 0 Å². The van der Waals surface area contributed by atoms with Crippen molar-refractivity contribution in [3.05, 3.63) is 95.8 Å². The Balaban J connectivity index is 1.14. The number of fused-ring (bicyclic) bond motifs is 1. The van der Waals surface area contributed by atoms with Crippen LogP contribution in [0.3, 0.4) is 0 Å². The van der Waals surface area contributed by atoms with Gasteiger partial charge in [-0.2, -0.15) is 5.10 Å². The lowest BCUT2D eigenvalue weighted by Gasteiger charge is -2.30. The van der Waals surface area contributed by atoms with Gasteiger partial charge in [-0.3, -0.25) is 9.89 Å². The Hall–Kier alpha value is -4.43. The molecule has 0 spiro atoms. The summed E-state index contributed by atoms with van der Waals surface area (Å²) in [6.45, 7) is 4.93. The summed E-state index contributed by atoms with van der Waals surface area (Å²) in [7, 11) is 2.16. The van der Waals surface area contributed by atoms with Crippen molar-refractivity contribution in [2.45, 2.75) is 32.4 Å². The average Bonchev–Trinajstić information content (AvgIpc) is 3.57. The van der Waals surface area contributed by atoms with E-state index >= 15 is 0 Å². The van der Waals surface area contributed by atoms with E-state index in [1.54, 1.807) is 0 Å². The van der Waals surface area contributed by atoms with Crippen molar-refractivity contribution in [3.8, 4) is 11.3 Å². The molecule has 3 aromatic carbocycles. The molecule has 0 atom stereocenters. The van der Waals surface area contributed by atoms with Gasteiger partial charge in [0.2, 0.25) is 0 Å². The molecule has 0 radical (unpaired) electrons. The van der Waals surface area contributed by atoms with Crippen molar-refractivity contribution in [2.75, 3.05) is 30.8 Å². The highest BCUT2D eigenvalue weighted by molar-refractivity contribution is 6.05. The predicted molar refractivity (Wildman–Crippen MR) is 156 cm³/mol. The summed E-state index contributed by atoms with van der Waals surface area (Å²) < 4.78 is 2.14. The van der Waals surface area contributed by atoms with Gasteiger partial charge in [-0.05, 0) is 81.4 Å². The molecule has 1 fully saturated rings. The first-order valence-electron chi connectivity index (χ1n) is 13.4. The number of hydrogen-bond acceptors (Lipinski definition) is 5. The van der Waals surface area contributed by atoms with Gasteiger partial charge in [0, 0.05) is 35.5 Å². The summed E-state index contributed by atoms with van der Waals surface area (Å²) in [4.78, 5) is 20.0. The molecule has 5 aromatic rings. The van der Waals surface area contributed by atoms with Crippen molar-refractivity contribution in [2.24, 2.45) is 0 Å². The number of aromatic nitrogens is 4. The number of carbonyl (C=O) groups is 1. The molecule has 1 amide bonds. The number of nitrogens with zero attached hydrogens (tertiary/aromatic N) is 4. The molecule has 3 N–H and O–H groups in total. The summed E-state index contributed by atoms with van der Waals surface area (Å²) in [6, 6.07) is 24.7. The fourth-order valence-electron chi connectivity index (χ4n) is 5.24. The second kappa shape index (κ2) is 10.7. The molecule has 3 heterocycles. The molecule has 0 unspecified atom stereocenters. The van der Waals surface area contributed by atoms with Crippen LogP contribution >= 0.6 is 0 Å². The number of amides is 1. The predicted octanol–water partition coefficient (Wildman–Crippen LogP) is 5.54. The molecule has 198 valence electrons. The van der Waals surface area contributed by atoms with Gasteiger partial charge < -0.3 is 20.1 Å². The lowest BCUT2D eigenvalue weighted by atomic mass is 10.0. The fourth-order valence-corrected chi connectivity index (χ4v) is 5.24. The van der Waals surface area contributed by atoms with Gasteiger partial charge in [0.1, 0.15) is 0 Å². The quantitative estimate of drug-likeness (QED) is 0.263.